The topological polar surface area (TPSA) is 75.9 Å². The molecule has 0 aliphatic carbocycles. The smallest absolute Gasteiger partial charge is 0.272 e. The third-order valence-corrected chi connectivity index (χ3v) is 5.22. The number of ether oxygens (including phenoxy) is 1. The molecule has 1 N–H and O–H groups in total. The van der Waals surface area contributed by atoms with Crippen molar-refractivity contribution in [3.05, 3.63) is 16.7 Å². The summed E-state index contributed by atoms with van der Waals surface area (Å²) in [4.78, 5) is 7.07. The van der Waals surface area contributed by atoms with Crippen LogP contribution in [0.4, 0.5) is 0 Å². The maximum atomic E-state index is 12.4. The second-order valence-corrected chi connectivity index (χ2v) is 6.76. The zero-order valence-electron chi connectivity index (χ0n) is 9.74. The predicted molar refractivity (Wildman–Crippen MR) is 70.8 cm³/mol. The van der Waals surface area contributed by atoms with Crippen LogP contribution in [-0.2, 0) is 14.8 Å². The van der Waals surface area contributed by atoms with Crippen LogP contribution >= 0.6 is 22.9 Å². The number of nitrogens with zero attached hydrogens (tertiary/aromatic N) is 3. The first kappa shape index (κ1) is 13.3. The van der Waals surface area contributed by atoms with Crippen molar-refractivity contribution in [2.75, 3.05) is 26.3 Å². The summed E-state index contributed by atoms with van der Waals surface area (Å²) in [5.74, 6) is 0. The number of thiazole rings is 1. The number of rotatable bonds is 3. The van der Waals surface area contributed by atoms with Gasteiger partial charge in [-0.05, 0) is 0 Å². The minimum atomic E-state index is -3.75. The second-order valence-electron chi connectivity index (χ2n) is 3.96. The first-order valence-corrected chi connectivity index (χ1v) is 8.28. The number of nitrogens with one attached hydrogen (secondary N) is 1. The molecule has 104 valence electrons. The molecule has 0 unspecified atom stereocenters. The van der Waals surface area contributed by atoms with Crippen molar-refractivity contribution in [1.82, 2.24) is 19.2 Å². The van der Waals surface area contributed by atoms with E-state index in [4.69, 9.17) is 16.3 Å². The Morgan fingerprint density at radius 2 is 2.16 bits per heavy atom. The van der Waals surface area contributed by atoms with Crippen molar-refractivity contribution < 1.29 is 13.2 Å². The monoisotopic (exact) mass is 322 g/mol. The number of halogens is 1. The molecule has 19 heavy (non-hydrogen) atoms. The maximum Gasteiger partial charge on any atom is 0.272 e. The van der Waals surface area contributed by atoms with Gasteiger partial charge in [0.05, 0.1) is 13.2 Å². The Labute approximate surface area is 118 Å². The highest BCUT2D eigenvalue weighted by Crippen LogP contribution is 2.25. The van der Waals surface area contributed by atoms with E-state index in [1.807, 2.05) is 0 Å². The molecule has 1 fully saturated rings. The van der Waals surface area contributed by atoms with E-state index < -0.39 is 10.0 Å². The van der Waals surface area contributed by atoms with Crippen molar-refractivity contribution in [1.29, 1.82) is 0 Å². The minimum Gasteiger partial charge on any atom is -0.379 e. The van der Waals surface area contributed by atoms with Gasteiger partial charge in [0.1, 0.15) is 0 Å². The fourth-order valence-corrected chi connectivity index (χ4v) is 4.43. The van der Waals surface area contributed by atoms with Crippen molar-refractivity contribution in [2.24, 2.45) is 0 Å². The third-order valence-electron chi connectivity index (χ3n) is 2.69. The van der Waals surface area contributed by atoms with Crippen molar-refractivity contribution in [3.63, 3.8) is 0 Å². The van der Waals surface area contributed by atoms with Crippen LogP contribution in [0.2, 0.25) is 5.15 Å². The third kappa shape index (κ3) is 2.49. The van der Waals surface area contributed by atoms with Crippen LogP contribution in [0.1, 0.15) is 0 Å². The molecule has 3 heterocycles. The molecule has 0 saturated carbocycles. The molecule has 0 amide bonds. The predicted octanol–water partition coefficient (Wildman–Crippen LogP) is 0.575. The zero-order chi connectivity index (χ0) is 13.5. The standard InChI is InChI=1S/C9H11ClN4O3S2/c10-7-8(14-3-6-18-9(14)11-7)19(15,16)12-13-1-4-17-5-2-13/h3,6,12H,1-2,4-5H2. The molecule has 1 aliphatic rings. The number of sulfonamides is 1. The van der Waals surface area contributed by atoms with Crippen LogP contribution in [0.15, 0.2) is 16.6 Å². The Morgan fingerprint density at radius 3 is 2.89 bits per heavy atom. The Kier molecular flexibility index (Phi) is 3.50. The fourth-order valence-electron chi connectivity index (χ4n) is 1.85. The lowest BCUT2D eigenvalue weighted by Gasteiger charge is -2.26. The van der Waals surface area contributed by atoms with Gasteiger partial charge in [-0.25, -0.2) is 18.4 Å². The zero-order valence-corrected chi connectivity index (χ0v) is 12.1. The maximum absolute atomic E-state index is 12.4. The first-order chi connectivity index (χ1) is 9.08. The average Bonchev–Trinajstić information content (AvgIpc) is 2.88. The van der Waals surface area contributed by atoms with Gasteiger partial charge in [-0.15, -0.1) is 16.2 Å². The summed E-state index contributed by atoms with van der Waals surface area (Å²) in [6.07, 6.45) is 1.63. The Bertz CT molecular complexity index is 689. The van der Waals surface area contributed by atoms with Gasteiger partial charge in [0.15, 0.2) is 15.1 Å². The number of hydrogen-bond acceptors (Lipinski definition) is 6. The Morgan fingerprint density at radius 1 is 1.42 bits per heavy atom. The molecule has 0 spiro atoms. The minimum absolute atomic E-state index is 0.0207. The lowest BCUT2D eigenvalue weighted by molar-refractivity contribution is 0.0272. The molecule has 10 heteroatoms. The highest BCUT2D eigenvalue weighted by atomic mass is 35.5. The summed E-state index contributed by atoms with van der Waals surface area (Å²) in [7, 11) is -3.75. The Balaban J connectivity index is 1.94. The SMILES string of the molecule is O=S(=O)(NN1CCOCC1)c1c(Cl)nc2sccn12. The van der Waals surface area contributed by atoms with Crippen LogP contribution in [0, 0.1) is 0 Å². The molecule has 1 saturated heterocycles. The molecule has 3 rings (SSSR count). The molecule has 0 bridgehead atoms. The number of imidazole rings is 1. The number of aromatic nitrogens is 2. The van der Waals surface area contributed by atoms with Gasteiger partial charge in [0.2, 0.25) is 0 Å². The van der Waals surface area contributed by atoms with Gasteiger partial charge in [0, 0.05) is 24.7 Å². The van der Waals surface area contributed by atoms with E-state index in [1.165, 1.54) is 15.7 Å². The van der Waals surface area contributed by atoms with E-state index in [1.54, 1.807) is 16.6 Å². The average molecular weight is 323 g/mol. The van der Waals surface area contributed by atoms with Crippen molar-refractivity contribution >= 4 is 37.9 Å². The molecule has 1 aliphatic heterocycles. The van der Waals surface area contributed by atoms with E-state index in [9.17, 15) is 8.42 Å². The van der Waals surface area contributed by atoms with Crippen LogP contribution < -0.4 is 4.83 Å². The highest BCUT2D eigenvalue weighted by Gasteiger charge is 2.27. The van der Waals surface area contributed by atoms with Crippen LogP contribution in [0.25, 0.3) is 4.96 Å². The van der Waals surface area contributed by atoms with Crippen molar-refractivity contribution in [2.45, 2.75) is 5.03 Å². The van der Waals surface area contributed by atoms with Gasteiger partial charge < -0.3 is 4.74 Å². The summed E-state index contributed by atoms with van der Waals surface area (Å²) in [5, 5.41) is 3.30. The van der Waals surface area contributed by atoms with Gasteiger partial charge in [-0.3, -0.25) is 4.40 Å². The molecular weight excluding hydrogens is 312 g/mol. The van der Waals surface area contributed by atoms with Gasteiger partial charge in [0.25, 0.3) is 10.0 Å². The van der Waals surface area contributed by atoms with E-state index >= 15 is 0 Å². The number of hydrogen-bond donors (Lipinski definition) is 1. The van der Waals surface area contributed by atoms with Gasteiger partial charge in [-0.1, -0.05) is 11.6 Å². The lowest BCUT2D eigenvalue weighted by atomic mass is 10.5. The first-order valence-electron chi connectivity index (χ1n) is 5.54. The molecule has 2 aromatic rings. The second kappa shape index (κ2) is 5.00. The normalized spacial score (nSPS) is 18.2. The van der Waals surface area contributed by atoms with E-state index in [0.717, 1.165) is 0 Å². The molecular formula is C9H11ClN4O3S2. The van der Waals surface area contributed by atoms with E-state index in [-0.39, 0.29) is 10.2 Å². The number of morpholine rings is 1. The summed E-state index contributed by atoms with van der Waals surface area (Å²) >= 11 is 7.25. The quantitative estimate of drug-likeness (QED) is 0.894. The van der Waals surface area contributed by atoms with Gasteiger partial charge in [-0.2, -0.15) is 0 Å². The molecule has 7 nitrogen and oxygen atoms in total. The van der Waals surface area contributed by atoms with E-state index in [0.29, 0.717) is 31.3 Å². The summed E-state index contributed by atoms with van der Waals surface area (Å²) in [5.41, 5.74) is 0. The lowest BCUT2D eigenvalue weighted by Crippen LogP contribution is -2.48. The summed E-state index contributed by atoms with van der Waals surface area (Å²) in [6, 6.07) is 0. The highest BCUT2D eigenvalue weighted by molar-refractivity contribution is 7.89. The number of hydrazine groups is 1. The van der Waals surface area contributed by atoms with Crippen LogP contribution in [0.3, 0.4) is 0 Å². The molecule has 2 aromatic heterocycles. The van der Waals surface area contributed by atoms with Gasteiger partial charge >= 0.3 is 0 Å². The van der Waals surface area contributed by atoms with Crippen LogP contribution in [-0.4, -0.2) is 49.1 Å². The van der Waals surface area contributed by atoms with Crippen LogP contribution in [0.5, 0.6) is 0 Å². The van der Waals surface area contributed by atoms with Crippen molar-refractivity contribution in [3.8, 4) is 0 Å². The fraction of sp³-hybridized carbons (Fsp3) is 0.444. The molecule has 0 atom stereocenters. The number of fused-ring (bicyclic) bond motifs is 1. The van der Waals surface area contributed by atoms with E-state index in [2.05, 4.69) is 9.82 Å². The summed E-state index contributed by atoms with van der Waals surface area (Å²) < 4.78 is 31.4. The molecule has 0 radical (unpaired) electrons. The largest absolute Gasteiger partial charge is 0.379 e. The summed E-state index contributed by atoms with van der Waals surface area (Å²) in [6.45, 7) is 2.00. The Hall–Kier alpha value is -0.710. The molecule has 0 aromatic carbocycles.